The van der Waals surface area contributed by atoms with E-state index in [0.29, 0.717) is 18.1 Å². The molecule has 1 aromatic carbocycles. The van der Waals surface area contributed by atoms with Crippen molar-refractivity contribution >= 4 is 11.5 Å². The molecule has 0 aliphatic heterocycles. The smallest absolute Gasteiger partial charge is 0.151 e. The van der Waals surface area contributed by atoms with Crippen LogP contribution in [0.5, 0.6) is 0 Å². The summed E-state index contributed by atoms with van der Waals surface area (Å²) in [6, 6.07) is 6.61. The summed E-state index contributed by atoms with van der Waals surface area (Å²) in [5.41, 5.74) is 1.37. The molecular formula is C16H21FN4. The van der Waals surface area contributed by atoms with E-state index in [4.69, 9.17) is 0 Å². The summed E-state index contributed by atoms with van der Waals surface area (Å²) in [4.78, 5) is 10.4. The second-order valence-electron chi connectivity index (χ2n) is 5.98. The minimum absolute atomic E-state index is 0.0321. The minimum atomic E-state index is -0.278. The number of hydrogen-bond donors (Lipinski definition) is 1. The molecule has 5 heteroatoms. The molecule has 1 aromatic heterocycles. The highest BCUT2D eigenvalue weighted by atomic mass is 19.1. The molecule has 0 unspecified atom stereocenters. The van der Waals surface area contributed by atoms with E-state index >= 15 is 0 Å². The lowest BCUT2D eigenvalue weighted by molar-refractivity contribution is 0.421. The van der Waals surface area contributed by atoms with Gasteiger partial charge >= 0.3 is 0 Å². The summed E-state index contributed by atoms with van der Waals surface area (Å²) in [6.45, 7) is 6.95. The average molecular weight is 288 g/mol. The Hall–Kier alpha value is -2.01. The first-order chi connectivity index (χ1) is 9.87. The predicted molar refractivity (Wildman–Crippen MR) is 83.1 cm³/mol. The number of nitrogens with one attached hydrogen (secondary N) is 1. The highest BCUT2D eigenvalue weighted by Gasteiger charge is 2.12. The first-order valence-electron chi connectivity index (χ1n) is 6.91. The average Bonchev–Trinajstić information content (AvgIpc) is 2.45. The molecule has 0 atom stereocenters. The number of benzene rings is 1. The maximum Gasteiger partial charge on any atom is 0.151 e. The van der Waals surface area contributed by atoms with E-state index < -0.39 is 0 Å². The largest absolute Gasteiger partial charge is 0.326 e. The van der Waals surface area contributed by atoms with E-state index in [9.17, 15) is 4.39 Å². The van der Waals surface area contributed by atoms with Crippen LogP contribution in [0.15, 0.2) is 36.7 Å². The highest BCUT2D eigenvalue weighted by Crippen LogP contribution is 2.23. The van der Waals surface area contributed by atoms with Crippen LogP contribution in [0.4, 0.5) is 15.9 Å². The second-order valence-corrected chi connectivity index (χ2v) is 5.98. The van der Waals surface area contributed by atoms with Gasteiger partial charge in [-0.15, -0.1) is 0 Å². The molecular weight excluding hydrogens is 267 g/mol. The number of anilines is 2. The van der Waals surface area contributed by atoms with Crippen molar-refractivity contribution in [3.05, 3.63) is 48.2 Å². The Morgan fingerprint density at radius 1 is 1.14 bits per heavy atom. The van der Waals surface area contributed by atoms with Crippen LogP contribution in [-0.4, -0.2) is 22.6 Å². The zero-order valence-electron chi connectivity index (χ0n) is 12.9. The summed E-state index contributed by atoms with van der Waals surface area (Å²) in [7, 11) is 1.77. The van der Waals surface area contributed by atoms with Crippen LogP contribution in [0.1, 0.15) is 26.5 Å². The van der Waals surface area contributed by atoms with E-state index in [-0.39, 0.29) is 11.4 Å². The zero-order chi connectivity index (χ0) is 15.5. The molecule has 0 saturated carbocycles. The summed E-state index contributed by atoms with van der Waals surface area (Å²) >= 11 is 0. The highest BCUT2D eigenvalue weighted by molar-refractivity contribution is 5.58. The van der Waals surface area contributed by atoms with Crippen molar-refractivity contribution in [2.45, 2.75) is 32.9 Å². The predicted octanol–water partition coefficient (Wildman–Crippen LogP) is 3.27. The lowest BCUT2D eigenvalue weighted by Gasteiger charge is -2.21. The van der Waals surface area contributed by atoms with E-state index in [0.717, 1.165) is 5.69 Å². The van der Waals surface area contributed by atoms with Gasteiger partial charge in [0, 0.05) is 19.1 Å². The Bertz CT molecular complexity index is 590. The summed E-state index contributed by atoms with van der Waals surface area (Å²) in [6.07, 6.45) is 3.37. The van der Waals surface area contributed by atoms with Gasteiger partial charge in [0.25, 0.3) is 0 Å². The van der Waals surface area contributed by atoms with Crippen LogP contribution < -0.4 is 10.2 Å². The molecule has 0 fully saturated rings. The third-order valence-corrected chi connectivity index (χ3v) is 3.05. The number of rotatable bonds is 4. The van der Waals surface area contributed by atoms with Gasteiger partial charge in [-0.2, -0.15) is 0 Å². The Kier molecular flexibility index (Phi) is 4.53. The SMILES string of the molecule is CN(c1cnc(CNC(C)(C)C)cn1)c1ccccc1F. The van der Waals surface area contributed by atoms with Gasteiger partial charge in [0.1, 0.15) is 5.82 Å². The van der Waals surface area contributed by atoms with Gasteiger partial charge in [-0.3, -0.25) is 4.98 Å². The van der Waals surface area contributed by atoms with Gasteiger partial charge in [0.05, 0.1) is 23.8 Å². The number of hydrogen-bond acceptors (Lipinski definition) is 4. The molecule has 1 heterocycles. The van der Waals surface area contributed by atoms with Gasteiger partial charge < -0.3 is 10.2 Å². The summed E-state index contributed by atoms with van der Waals surface area (Å²) < 4.78 is 13.8. The van der Waals surface area contributed by atoms with Crippen LogP contribution in [0.2, 0.25) is 0 Å². The molecule has 0 amide bonds. The fourth-order valence-corrected chi connectivity index (χ4v) is 1.82. The third-order valence-electron chi connectivity index (χ3n) is 3.05. The van der Waals surface area contributed by atoms with Crippen LogP contribution in [0.3, 0.4) is 0 Å². The van der Waals surface area contributed by atoms with E-state index in [1.54, 1.807) is 42.5 Å². The van der Waals surface area contributed by atoms with Gasteiger partial charge in [0.2, 0.25) is 0 Å². The zero-order valence-corrected chi connectivity index (χ0v) is 12.9. The number of para-hydroxylation sites is 1. The second kappa shape index (κ2) is 6.18. The van der Waals surface area contributed by atoms with Gasteiger partial charge in [0.15, 0.2) is 5.82 Å². The fraction of sp³-hybridized carbons (Fsp3) is 0.375. The lowest BCUT2D eigenvalue weighted by atomic mass is 10.1. The molecule has 0 aliphatic rings. The molecule has 1 N–H and O–H groups in total. The fourth-order valence-electron chi connectivity index (χ4n) is 1.82. The van der Waals surface area contributed by atoms with Crippen molar-refractivity contribution in [2.24, 2.45) is 0 Å². The standard InChI is InChI=1S/C16H21FN4/c1-16(2,3)20-10-12-9-19-15(11-18-12)21(4)14-8-6-5-7-13(14)17/h5-9,11,20H,10H2,1-4H3. The number of nitrogens with zero attached hydrogens (tertiary/aromatic N) is 3. The van der Waals surface area contributed by atoms with Crippen LogP contribution in [0, 0.1) is 5.82 Å². The molecule has 2 rings (SSSR count). The molecule has 0 saturated heterocycles. The van der Waals surface area contributed by atoms with Crippen molar-refractivity contribution in [1.82, 2.24) is 15.3 Å². The van der Waals surface area contributed by atoms with Gasteiger partial charge in [-0.05, 0) is 32.9 Å². The Balaban J connectivity index is 2.10. The summed E-state index contributed by atoms with van der Waals surface area (Å²) in [5.74, 6) is 0.333. The van der Waals surface area contributed by atoms with E-state index in [1.807, 2.05) is 0 Å². The number of halogens is 1. The first-order valence-corrected chi connectivity index (χ1v) is 6.91. The monoisotopic (exact) mass is 288 g/mol. The molecule has 0 bridgehead atoms. The normalized spacial score (nSPS) is 11.5. The van der Waals surface area contributed by atoms with Crippen molar-refractivity contribution in [3.63, 3.8) is 0 Å². The molecule has 4 nitrogen and oxygen atoms in total. The maximum atomic E-state index is 13.8. The van der Waals surface area contributed by atoms with E-state index in [1.165, 1.54) is 6.07 Å². The van der Waals surface area contributed by atoms with Crippen molar-refractivity contribution in [3.8, 4) is 0 Å². The van der Waals surface area contributed by atoms with Crippen LogP contribution in [-0.2, 0) is 6.54 Å². The Labute approximate surface area is 125 Å². The summed E-state index contributed by atoms with van der Waals surface area (Å²) in [5, 5.41) is 3.35. The molecule has 21 heavy (non-hydrogen) atoms. The molecule has 0 aliphatic carbocycles. The Morgan fingerprint density at radius 2 is 1.86 bits per heavy atom. The van der Waals surface area contributed by atoms with Gasteiger partial charge in [-0.25, -0.2) is 9.37 Å². The van der Waals surface area contributed by atoms with E-state index in [2.05, 4.69) is 36.1 Å². The molecule has 0 spiro atoms. The number of aromatic nitrogens is 2. The third kappa shape index (κ3) is 4.23. The van der Waals surface area contributed by atoms with Crippen LogP contribution >= 0.6 is 0 Å². The maximum absolute atomic E-state index is 13.8. The topological polar surface area (TPSA) is 41.1 Å². The van der Waals surface area contributed by atoms with Crippen molar-refractivity contribution in [1.29, 1.82) is 0 Å². The quantitative estimate of drug-likeness (QED) is 0.937. The molecule has 0 radical (unpaired) electrons. The van der Waals surface area contributed by atoms with Gasteiger partial charge in [-0.1, -0.05) is 12.1 Å². The Morgan fingerprint density at radius 3 is 2.43 bits per heavy atom. The molecule has 112 valence electrons. The minimum Gasteiger partial charge on any atom is -0.326 e. The first kappa shape index (κ1) is 15.4. The van der Waals surface area contributed by atoms with Crippen molar-refractivity contribution < 1.29 is 4.39 Å². The lowest BCUT2D eigenvalue weighted by Crippen LogP contribution is -2.35. The molecule has 2 aromatic rings. The van der Waals surface area contributed by atoms with Crippen LogP contribution in [0.25, 0.3) is 0 Å². The van der Waals surface area contributed by atoms with Crippen molar-refractivity contribution in [2.75, 3.05) is 11.9 Å².